The maximum atomic E-state index is 12.4. The first-order valence-corrected chi connectivity index (χ1v) is 9.15. The van der Waals surface area contributed by atoms with Gasteiger partial charge in [0.2, 0.25) is 11.9 Å². The number of nitrogens with zero attached hydrogens (tertiary/aromatic N) is 4. The Bertz CT molecular complexity index is 776. The molecule has 1 aliphatic rings. The Hall–Kier alpha value is -2.35. The lowest BCUT2D eigenvalue weighted by atomic mass is 10.0. The van der Waals surface area contributed by atoms with Gasteiger partial charge in [-0.25, -0.2) is 4.98 Å². The van der Waals surface area contributed by atoms with E-state index in [0.29, 0.717) is 16.8 Å². The Morgan fingerprint density at radius 2 is 2.15 bits per heavy atom. The van der Waals surface area contributed by atoms with Crippen molar-refractivity contribution in [2.75, 3.05) is 10.6 Å². The average molecular weight is 378 g/mol. The summed E-state index contributed by atoms with van der Waals surface area (Å²) < 4.78 is 1.69. The van der Waals surface area contributed by atoms with E-state index in [2.05, 4.69) is 31.0 Å². The summed E-state index contributed by atoms with van der Waals surface area (Å²) >= 11 is 6.26. The van der Waals surface area contributed by atoms with Crippen molar-refractivity contribution >= 4 is 35.0 Å². The van der Waals surface area contributed by atoms with Crippen molar-refractivity contribution in [3.63, 3.8) is 0 Å². The molecular formula is C17H24ClN7O. The molecule has 1 fully saturated rings. The zero-order valence-corrected chi connectivity index (χ0v) is 15.9. The molecule has 2 heterocycles. The van der Waals surface area contributed by atoms with Crippen LogP contribution in [0.2, 0.25) is 5.02 Å². The van der Waals surface area contributed by atoms with Gasteiger partial charge in [0, 0.05) is 25.3 Å². The van der Waals surface area contributed by atoms with Crippen molar-refractivity contribution in [3.8, 4) is 0 Å². The van der Waals surface area contributed by atoms with E-state index in [1.165, 1.54) is 0 Å². The second-order valence-corrected chi connectivity index (χ2v) is 7.28. The van der Waals surface area contributed by atoms with Gasteiger partial charge in [-0.15, -0.1) is 0 Å². The maximum Gasteiger partial charge on any atom is 0.229 e. The van der Waals surface area contributed by atoms with Crippen LogP contribution in [-0.4, -0.2) is 37.7 Å². The molecule has 2 atom stereocenters. The number of carbonyl (C=O) groups excluding carboxylic acids is 1. The fourth-order valence-corrected chi connectivity index (χ4v) is 3.30. The van der Waals surface area contributed by atoms with E-state index < -0.39 is 0 Å². The topological polar surface area (TPSA) is 96.8 Å². The van der Waals surface area contributed by atoms with Gasteiger partial charge in [0.15, 0.2) is 5.82 Å². The molecule has 140 valence electrons. The molecule has 1 saturated carbocycles. The number of nitrogens with one attached hydrogen (secondary N) is 3. The van der Waals surface area contributed by atoms with E-state index in [9.17, 15) is 4.79 Å². The summed E-state index contributed by atoms with van der Waals surface area (Å²) in [6.07, 6.45) is 7.83. The normalized spacial score (nSPS) is 19.6. The number of halogens is 1. The third-order valence-corrected chi connectivity index (χ3v) is 4.59. The molecule has 3 N–H and O–H groups in total. The highest BCUT2D eigenvalue weighted by atomic mass is 35.5. The van der Waals surface area contributed by atoms with Crippen LogP contribution in [-0.2, 0) is 11.8 Å². The van der Waals surface area contributed by atoms with E-state index in [0.717, 1.165) is 24.9 Å². The molecule has 1 amide bonds. The van der Waals surface area contributed by atoms with Gasteiger partial charge in [0.05, 0.1) is 24.0 Å². The molecular weight excluding hydrogens is 354 g/mol. The zero-order chi connectivity index (χ0) is 18.7. The molecule has 9 heteroatoms. The summed E-state index contributed by atoms with van der Waals surface area (Å²) in [5.74, 6) is 0.945. The number of anilines is 3. The number of aryl methyl sites for hydroxylation is 1. The first-order valence-electron chi connectivity index (χ1n) is 8.77. The lowest BCUT2D eigenvalue weighted by molar-refractivity contribution is -0.125. The molecule has 0 saturated heterocycles. The maximum absolute atomic E-state index is 12.4. The van der Waals surface area contributed by atoms with Crippen molar-refractivity contribution in [2.24, 2.45) is 13.0 Å². The van der Waals surface area contributed by atoms with E-state index >= 15 is 0 Å². The van der Waals surface area contributed by atoms with Crippen LogP contribution < -0.4 is 16.0 Å². The largest absolute Gasteiger partial charge is 0.365 e. The van der Waals surface area contributed by atoms with Gasteiger partial charge in [-0.3, -0.25) is 9.48 Å². The molecule has 3 rings (SSSR count). The molecule has 8 nitrogen and oxygen atoms in total. The number of amides is 1. The summed E-state index contributed by atoms with van der Waals surface area (Å²) in [5, 5.41) is 14.0. The van der Waals surface area contributed by atoms with Gasteiger partial charge in [0.25, 0.3) is 0 Å². The van der Waals surface area contributed by atoms with Crippen LogP contribution in [0.1, 0.15) is 33.1 Å². The number of aromatic nitrogens is 4. The van der Waals surface area contributed by atoms with Crippen molar-refractivity contribution in [3.05, 3.63) is 23.6 Å². The van der Waals surface area contributed by atoms with Crippen molar-refractivity contribution in [1.29, 1.82) is 0 Å². The van der Waals surface area contributed by atoms with E-state index in [-0.39, 0.29) is 23.9 Å². The molecule has 0 unspecified atom stereocenters. The van der Waals surface area contributed by atoms with Crippen LogP contribution in [0.25, 0.3) is 0 Å². The van der Waals surface area contributed by atoms with Crippen LogP contribution >= 0.6 is 11.6 Å². The molecule has 0 radical (unpaired) electrons. The fourth-order valence-electron chi connectivity index (χ4n) is 3.16. The first kappa shape index (κ1) is 18.4. The Labute approximate surface area is 157 Å². The lowest BCUT2D eigenvalue weighted by Gasteiger charge is -2.22. The summed E-state index contributed by atoms with van der Waals surface area (Å²) in [7, 11) is 1.84. The van der Waals surface area contributed by atoms with Crippen LogP contribution in [0.15, 0.2) is 18.6 Å². The van der Waals surface area contributed by atoms with Crippen molar-refractivity contribution in [1.82, 2.24) is 25.1 Å². The Kier molecular flexibility index (Phi) is 5.61. The lowest BCUT2D eigenvalue weighted by Crippen LogP contribution is -2.41. The van der Waals surface area contributed by atoms with Crippen LogP contribution in [0, 0.1) is 5.92 Å². The zero-order valence-electron chi connectivity index (χ0n) is 15.2. The van der Waals surface area contributed by atoms with Gasteiger partial charge in [-0.05, 0) is 26.7 Å². The predicted octanol–water partition coefficient (Wildman–Crippen LogP) is 2.71. The minimum atomic E-state index is -0.0850. The van der Waals surface area contributed by atoms with E-state index in [4.69, 9.17) is 11.6 Å². The van der Waals surface area contributed by atoms with E-state index in [1.807, 2.05) is 27.1 Å². The summed E-state index contributed by atoms with van der Waals surface area (Å²) in [4.78, 5) is 21.1. The predicted molar refractivity (Wildman–Crippen MR) is 102 cm³/mol. The minimum Gasteiger partial charge on any atom is -0.365 e. The van der Waals surface area contributed by atoms with Crippen molar-refractivity contribution in [2.45, 2.75) is 45.2 Å². The molecule has 2 aromatic rings. The highest BCUT2D eigenvalue weighted by Gasteiger charge is 2.33. The van der Waals surface area contributed by atoms with Crippen LogP contribution in [0.4, 0.5) is 17.5 Å². The Balaban J connectivity index is 1.72. The third kappa shape index (κ3) is 4.43. The molecule has 0 aromatic carbocycles. The summed E-state index contributed by atoms with van der Waals surface area (Å²) in [6.45, 7) is 3.93. The second kappa shape index (κ2) is 7.90. The Morgan fingerprint density at radius 1 is 1.35 bits per heavy atom. The quantitative estimate of drug-likeness (QED) is 0.716. The SMILES string of the molecule is CC(C)NC(=O)[C@H]1CCC[C@H]1Nc1nc(Nc2cnn(C)c2)ncc1Cl. The highest BCUT2D eigenvalue weighted by Crippen LogP contribution is 2.31. The van der Waals surface area contributed by atoms with Gasteiger partial charge in [-0.1, -0.05) is 18.0 Å². The van der Waals surface area contributed by atoms with E-state index in [1.54, 1.807) is 17.1 Å². The van der Waals surface area contributed by atoms with Gasteiger partial charge in [-0.2, -0.15) is 10.1 Å². The van der Waals surface area contributed by atoms with Crippen LogP contribution in [0.5, 0.6) is 0 Å². The summed E-state index contributed by atoms with van der Waals surface area (Å²) in [5.41, 5.74) is 0.788. The fraction of sp³-hybridized carbons (Fsp3) is 0.529. The molecule has 2 aromatic heterocycles. The highest BCUT2D eigenvalue weighted by molar-refractivity contribution is 6.32. The van der Waals surface area contributed by atoms with Gasteiger partial charge in [0.1, 0.15) is 5.02 Å². The van der Waals surface area contributed by atoms with Gasteiger partial charge < -0.3 is 16.0 Å². The molecule has 0 aliphatic heterocycles. The standard InChI is InChI=1S/C17H24ClN7O/c1-10(2)21-16(26)12-5-4-6-14(12)23-15-13(18)8-19-17(24-15)22-11-7-20-25(3)9-11/h7-10,12,14H,4-6H2,1-3H3,(H,21,26)(H2,19,22,23,24)/t12-,14+/m0/s1. The minimum absolute atomic E-state index is 0.00684. The number of hydrogen-bond donors (Lipinski definition) is 3. The first-order chi connectivity index (χ1) is 12.4. The molecule has 1 aliphatic carbocycles. The number of carbonyl (C=O) groups is 1. The van der Waals surface area contributed by atoms with Crippen molar-refractivity contribution < 1.29 is 4.79 Å². The third-order valence-electron chi connectivity index (χ3n) is 4.31. The second-order valence-electron chi connectivity index (χ2n) is 6.87. The average Bonchev–Trinajstić information content (AvgIpc) is 3.19. The van der Waals surface area contributed by atoms with Crippen LogP contribution in [0.3, 0.4) is 0 Å². The molecule has 0 bridgehead atoms. The number of hydrogen-bond acceptors (Lipinski definition) is 6. The molecule has 26 heavy (non-hydrogen) atoms. The van der Waals surface area contributed by atoms with Gasteiger partial charge >= 0.3 is 0 Å². The Morgan fingerprint density at radius 3 is 2.85 bits per heavy atom. The molecule has 0 spiro atoms. The summed E-state index contributed by atoms with van der Waals surface area (Å²) in [6, 6.07) is 0.133. The number of rotatable bonds is 6. The monoisotopic (exact) mass is 377 g/mol. The smallest absolute Gasteiger partial charge is 0.229 e.